The Morgan fingerprint density at radius 2 is 1.59 bits per heavy atom. The normalized spacial score (nSPS) is 13.2. The van der Waals surface area contributed by atoms with Crippen LogP contribution in [0.1, 0.15) is 78.1 Å². The number of amides is 3. The number of halogens is 1. The van der Waals surface area contributed by atoms with Crippen molar-refractivity contribution in [2.75, 3.05) is 5.32 Å². The quantitative estimate of drug-likeness (QED) is 0.384. The molecule has 2 aromatic rings. The van der Waals surface area contributed by atoms with Crippen molar-refractivity contribution in [1.29, 1.82) is 0 Å². The fourth-order valence-corrected chi connectivity index (χ4v) is 4.37. The van der Waals surface area contributed by atoms with E-state index in [1.807, 2.05) is 47.6 Å². The molecule has 0 spiro atoms. The van der Waals surface area contributed by atoms with Gasteiger partial charge in [0.2, 0.25) is 5.91 Å². The molecule has 39 heavy (non-hydrogen) atoms. The smallest absolute Gasteiger partial charge is 0.408 e. The Kier molecular flexibility index (Phi) is 10.2. The van der Waals surface area contributed by atoms with Gasteiger partial charge in [-0.2, -0.15) is 0 Å². The van der Waals surface area contributed by atoms with Crippen LogP contribution in [0.2, 0.25) is 5.02 Å². The summed E-state index contributed by atoms with van der Waals surface area (Å²) >= 11 is 6.42. The Labute approximate surface area is 237 Å². The molecule has 0 aliphatic rings. The Hall–Kier alpha value is -3.50. The van der Waals surface area contributed by atoms with Gasteiger partial charge in [-0.1, -0.05) is 55.6 Å². The van der Waals surface area contributed by atoms with E-state index in [1.165, 1.54) is 4.90 Å². The van der Waals surface area contributed by atoms with Crippen molar-refractivity contribution in [3.63, 3.8) is 0 Å². The second kappa shape index (κ2) is 12.6. The number of alkyl carbamates (subject to hydrolysis) is 1. The number of carbonyl (C=O) groups excluding carboxylic acids is 3. The number of anilines is 1. The van der Waals surface area contributed by atoms with Crippen LogP contribution in [0, 0.1) is 25.2 Å². The standard InChI is InChI=1S/C31H40ClN3O4/c1-11-21-15-17-22(18-16-21)26(27(36)33-25-20(4)13-12-14-23(25)32)35(30(5,6)7)28(37)24(19(2)3)34-29(38)39-31(8,9)10/h1,12-19,24,26H,2-10H3,(H,33,36)(H,34,38). The molecule has 0 saturated heterocycles. The van der Waals surface area contributed by atoms with Crippen molar-refractivity contribution in [1.82, 2.24) is 10.2 Å². The number of nitrogens with zero attached hydrogens (tertiary/aromatic N) is 1. The van der Waals surface area contributed by atoms with E-state index >= 15 is 0 Å². The fraction of sp³-hybridized carbons (Fsp3) is 0.452. The number of rotatable bonds is 7. The van der Waals surface area contributed by atoms with Gasteiger partial charge in [0.15, 0.2) is 0 Å². The van der Waals surface area contributed by atoms with E-state index in [1.54, 1.807) is 57.2 Å². The number of nitrogens with one attached hydrogen (secondary N) is 2. The van der Waals surface area contributed by atoms with Crippen LogP contribution in [-0.2, 0) is 14.3 Å². The molecule has 2 atom stereocenters. The van der Waals surface area contributed by atoms with Gasteiger partial charge in [-0.15, -0.1) is 6.42 Å². The molecule has 2 unspecified atom stereocenters. The second-order valence-electron chi connectivity index (χ2n) is 11.8. The van der Waals surface area contributed by atoms with Crippen LogP contribution in [0.4, 0.5) is 10.5 Å². The average molecular weight is 554 g/mol. The largest absolute Gasteiger partial charge is 0.444 e. The van der Waals surface area contributed by atoms with Gasteiger partial charge in [-0.05, 0) is 83.7 Å². The first-order chi connectivity index (χ1) is 18.0. The molecule has 0 saturated carbocycles. The third-order valence-corrected chi connectivity index (χ3v) is 6.25. The van der Waals surface area contributed by atoms with Crippen LogP contribution in [0.15, 0.2) is 42.5 Å². The molecule has 2 aromatic carbocycles. The molecule has 2 N–H and O–H groups in total. The van der Waals surface area contributed by atoms with Gasteiger partial charge in [0.05, 0.1) is 10.7 Å². The topological polar surface area (TPSA) is 87.7 Å². The molecular weight excluding hydrogens is 514 g/mol. The Morgan fingerprint density at radius 1 is 1.00 bits per heavy atom. The van der Waals surface area contributed by atoms with Crippen LogP contribution >= 0.6 is 11.6 Å². The van der Waals surface area contributed by atoms with Gasteiger partial charge < -0.3 is 20.3 Å². The highest BCUT2D eigenvalue weighted by Gasteiger charge is 2.43. The lowest BCUT2D eigenvalue weighted by atomic mass is 9.92. The molecular formula is C31H40ClN3O4. The summed E-state index contributed by atoms with van der Waals surface area (Å²) < 4.78 is 5.42. The minimum atomic E-state index is -1.07. The summed E-state index contributed by atoms with van der Waals surface area (Å²) in [4.78, 5) is 42.5. The average Bonchev–Trinajstić information content (AvgIpc) is 2.81. The molecule has 7 nitrogen and oxygen atoms in total. The molecule has 0 aliphatic heterocycles. The first kappa shape index (κ1) is 31.7. The summed E-state index contributed by atoms with van der Waals surface area (Å²) in [7, 11) is 0. The Bertz CT molecular complexity index is 1210. The third kappa shape index (κ3) is 8.49. The molecule has 0 aromatic heterocycles. The fourth-order valence-electron chi connectivity index (χ4n) is 4.10. The highest BCUT2D eigenvalue weighted by molar-refractivity contribution is 6.34. The van der Waals surface area contributed by atoms with Gasteiger partial charge in [-0.25, -0.2) is 4.79 Å². The van der Waals surface area contributed by atoms with E-state index < -0.39 is 41.1 Å². The zero-order valence-electron chi connectivity index (χ0n) is 24.3. The van der Waals surface area contributed by atoms with Gasteiger partial charge in [0, 0.05) is 11.1 Å². The van der Waals surface area contributed by atoms with Crippen LogP contribution in [0.5, 0.6) is 0 Å². The van der Waals surface area contributed by atoms with Crippen molar-refractivity contribution in [2.24, 2.45) is 5.92 Å². The number of hydrogen-bond acceptors (Lipinski definition) is 4. The number of terminal acetylenes is 1. The third-order valence-electron chi connectivity index (χ3n) is 5.93. The molecule has 210 valence electrons. The summed E-state index contributed by atoms with van der Waals surface area (Å²) in [5.74, 6) is 1.39. The second-order valence-corrected chi connectivity index (χ2v) is 12.2. The van der Waals surface area contributed by atoms with Crippen LogP contribution in [0.25, 0.3) is 0 Å². The predicted octanol–water partition coefficient (Wildman–Crippen LogP) is 6.49. The Morgan fingerprint density at radius 3 is 2.05 bits per heavy atom. The first-order valence-corrected chi connectivity index (χ1v) is 13.3. The lowest BCUT2D eigenvalue weighted by molar-refractivity contribution is -0.147. The van der Waals surface area contributed by atoms with E-state index in [-0.39, 0.29) is 5.92 Å². The maximum Gasteiger partial charge on any atom is 0.408 e. The lowest BCUT2D eigenvalue weighted by Crippen LogP contribution is -2.59. The summed E-state index contributed by atoms with van der Waals surface area (Å²) in [6, 6.07) is 10.2. The van der Waals surface area contributed by atoms with Crippen molar-refractivity contribution >= 4 is 35.2 Å². The molecule has 3 amide bonds. The molecule has 0 heterocycles. The number of ether oxygens (including phenoxy) is 1. The predicted molar refractivity (Wildman–Crippen MR) is 157 cm³/mol. The molecule has 8 heteroatoms. The minimum Gasteiger partial charge on any atom is -0.444 e. The zero-order chi connectivity index (χ0) is 29.7. The van der Waals surface area contributed by atoms with Crippen molar-refractivity contribution in [3.05, 3.63) is 64.2 Å². The molecule has 2 rings (SSSR count). The number of hydrogen-bond donors (Lipinski definition) is 2. The maximum atomic E-state index is 14.3. The number of carbonyl (C=O) groups is 3. The van der Waals surface area contributed by atoms with E-state index in [4.69, 9.17) is 22.8 Å². The number of aryl methyl sites for hydroxylation is 1. The van der Waals surface area contributed by atoms with Gasteiger partial charge >= 0.3 is 6.09 Å². The molecule has 0 fully saturated rings. The number of para-hydroxylation sites is 1. The molecule has 0 radical (unpaired) electrons. The highest BCUT2D eigenvalue weighted by atomic mass is 35.5. The first-order valence-electron chi connectivity index (χ1n) is 12.9. The van der Waals surface area contributed by atoms with Gasteiger partial charge in [0.25, 0.3) is 5.91 Å². The zero-order valence-corrected chi connectivity index (χ0v) is 25.1. The maximum absolute atomic E-state index is 14.3. The summed E-state index contributed by atoms with van der Waals surface area (Å²) in [6.45, 7) is 16.2. The van der Waals surface area contributed by atoms with Crippen LogP contribution in [0.3, 0.4) is 0 Å². The monoisotopic (exact) mass is 553 g/mol. The number of benzene rings is 2. The molecule has 0 bridgehead atoms. The van der Waals surface area contributed by atoms with Crippen molar-refractivity contribution in [2.45, 2.75) is 85.5 Å². The van der Waals surface area contributed by atoms with Crippen molar-refractivity contribution in [3.8, 4) is 12.3 Å². The van der Waals surface area contributed by atoms with E-state index in [0.717, 1.165) is 5.56 Å². The summed E-state index contributed by atoms with van der Waals surface area (Å²) in [6.07, 6.45) is 4.84. The summed E-state index contributed by atoms with van der Waals surface area (Å²) in [5, 5.41) is 6.04. The van der Waals surface area contributed by atoms with Gasteiger partial charge in [0.1, 0.15) is 17.7 Å². The van der Waals surface area contributed by atoms with Crippen molar-refractivity contribution < 1.29 is 19.1 Å². The highest BCUT2D eigenvalue weighted by Crippen LogP contribution is 2.33. The van der Waals surface area contributed by atoms with Crippen LogP contribution in [-0.4, -0.2) is 40.0 Å². The van der Waals surface area contributed by atoms with E-state index in [2.05, 4.69) is 16.6 Å². The Balaban J connectivity index is 2.64. The SMILES string of the molecule is C#Cc1ccc(C(C(=O)Nc2c(C)cccc2Cl)N(C(=O)C(NC(=O)OC(C)(C)C)C(C)C)C(C)(C)C)cc1. The summed E-state index contributed by atoms with van der Waals surface area (Å²) in [5.41, 5.74) is 0.856. The van der Waals surface area contributed by atoms with Crippen LogP contribution < -0.4 is 10.6 Å². The van der Waals surface area contributed by atoms with Gasteiger partial charge in [-0.3, -0.25) is 9.59 Å². The van der Waals surface area contributed by atoms with E-state index in [0.29, 0.717) is 21.8 Å². The minimum absolute atomic E-state index is 0.298. The lowest BCUT2D eigenvalue weighted by Gasteiger charge is -2.43. The van der Waals surface area contributed by atoms with E-state index in [9.17, 15) is 14.4 Å². The molecule has 0 aliphatic carbocycles.